The number of rotatable bonds is 5. The molecular weight excluding hydrogens is 220 g/mol. The zero-order valence-electron chi connectivity index (χ0n) is 9.78. The Morgan fingerprint density at radius 2 is 2.00 bits per heavy atom. The second-order valence-electron chi connectivity index (χ2n) is 5.07. The number of thioether (sulfide) groups is 1. The van der Waals surface area contributed by atoms with E-state index in [-0.39, 0.29) is 11.9 Å². The minimum absolute atomic E-state index is 0.186. The molecule has 3 N–H and O–H groups in total. The van der Waals surface area contributed by atoms with Gasteiger partial charge in [0.1, 0.15) is 0 Å². The van der Waals surface area contributed by atoms with Gasteiger partial charge in [-0.05, 0) is 49.0 Å². The van der Waals surface area contributed by atoms with Crippen LogP contribution in [0.25, 0.3) is 0 Å². The van der Waals surface area contributed by atoms with Crippen molar-refractivity contribution in [2.24, 2.45) is 17.6 Å². The molecule has 1 aliphatic carbocycles. The van der Waals surface area contributed by atoms with Crippen molar-refractivity contribution < 1.29 is 4.79 Å². The summed E-state index contributed by atoms with van der Waals surface area (Å²) in [7, 11) is 0. The van der Waals surface area contributed by atoms with Gasteiger partial charge in [0.2, 0.25) is 5.91 Å². The van der Waals surface area contributed by atoms with E-state index in [1.807, 2.05) is 11.8 Å². The van der Waals surface area contributed by atoms with Gasteiger partial charge in [-0.3, -0.25) is 4.79 Å². The molecule has 16 heavy (non-hydrogen) atoms. The normalized spacial score (nSPS) is 24.1. The maximum absolute atomic E-state index is 11.7. The van der Waals surface area contributed by atoms with Gasteiger partial charge in [-0.1, -0.05) is 0 Å². The molecule has 1 aliphatic heterocycles. The second kappa shape index (κ2) is 5.92. The van der Waals surface area contributed by atoms with Crippen LogP contribution >= 0.6 is 11.8 Å². The summed E-state index contributed by atoms with van der Waals surface area (Å²) < 4.78 is 0. The lowest BCUT2D eigenvalue weighted by atomic mass is 9.98. The van der Waals surface area contributed by atoms with Gasteiger partial charge in [-0.15, -0.1) is 0 Å². The molecule has 0 bridgehead atoms. The third-order valence-corrected chi connectivity index (χ3v) is 4.63. The van der Waals surface area contributed by atoms with E-state index < -0.39 is 0 Å². The molecule has 1 saturated carbocycles. The zero-order valence-corrected chi connectivity index (χ0v) is 10.6. The van der Waals surface area contributed by atoms with Crippen LogP contribution in [0.3, 0.4) is 0 Å². The molecular formula is C12H22N2OS. The number of hydrogen-bond donors (Lipinski definition) is 2. The summed E-state index contributed by atoms with van der Waals surface area (Å²) in [5.74, 6) is 3.93. The molecule has 0 aromatic heterocycles. The molecule has 3 nitrogen and oxygen atoms in total. The fraction of sp³-hybridized carbons (Fsp3) is 0.917. The van der Waals surface area contributed by atoms with Crippen LogP contribution in [0.5, 0.6) is 0 Å². The van der Waals surface area contributed by atoms with E-state index in [1.54, 1.807) is 0 Å². The summed E-state index contributed by atoms with van der Waals surface area (Å²) in [6.07, 6.45) is 5.60. The Morgan fingerprint density at radius 1 is 1.31 bits per heavy atom. The van der Waals surface area contributed by atoms with Gasteiger partial charge in [0.25, 0.3) is 0 Å². The van der Waals surface area contributed by atoms with E-state index in [1.165, 1.54) is 37.2 Å². The van der Waals surface area contributed by atoms with E-state index in [0.29, 0.717) is 24.8 Å². The predicted molar refractivity (Wildman–Crippen MR) is 68.4 cm³/mol. The van der Waals surface area contributed by atoms with Crippen molar-refractivity contribution in [1.82, 2.24) is 5.32 Å². The minimum atomic E-state index is 0.186. The highest BCUT2D eigenvalue weighted by molar-refractivity contribution is 7.99. The second-order valence-corrected chi connectivity index (χ2v) is 6.29. The number of amides is 1. The highest BCUT2D eigenvalue weighted by Crippen LogP contribution is 2.31. The van der Waals surface area contributed by atoms with Crippen molar-refractivity contribution in [1.29, 1.82) is 0 Å². The molecule has 0 aromatic carbocycles. The Kier molecular flexibility index (Phi) is 4.53. The van der Waals surface area contributed by atoms with Crippen molar-refractivity contribution in [2.45, 2.75) is 38.1 Å². The minimum Gasteiger partial charge on any atom is -0.355 e. The molecule has 0 aromatic rings. The van der Waals surface area contributed by atoms with Crippen LogP contribution in [0.1, 0.15) is 32.1 Å². The molecule has 1 amide bonds. The lowest BCUT2D eigenvalue weighted by Gasteiger charge is -2.21. The van der Waals surface area contributed by atoms with Crippen LogP contribution in [0.2, 0.25) is 0 Å². The molecule has 2 rings (SSSR count). The number of hydrogen-bond acceptors (Lipinski definition) is 3. The number of carbonyl (C=O) groups is 1. The largest absolute Gasteiger partial charge is 0.355 e. The first-order valence-electron chi connectivity index (χ1n) is 6.35. The third kappa shape index (κ3) is 3.98. The topological polar surface area (TPSA) is 55.1 Å². The van der Waals surface area contributed by atoms with Gasteiger partial charge >= 0.3 is 0 Å². The molecule has 1 atom stereocenters. The van der Waals surface area contributed by atoms with Crippen molar-refractivity contribution in [3.63, 3.8) is 0 Å². The Bertz CT molecular complexity index is 237. The average molecular weight is 242 g/mol. The Morgan fingerprint density at radius 3 is 2.62 bits per heavy atom. The number of nitrogens with one attached hydrogen (secondary N) is 1. The first kappa shape index (κ1) is 12.2. The Balaban J connectivity index is 1.59. The Hall–Kier alpha value is -0.220. The van der Waals surface area contributed by atoms with Gasteiger partial charge in [0, 0.05) is 19.0 Å². The summed E-state index contributed by atoms with van der Waals surface area (Å²) in [5, 5.41) is 2.98. The lowest BCUT2D eigenvalue weighted by molar-refractivity contribution is -0.122. The third-order valence-electron chi connectivity index (χ3n) is 3.58. The highest BCUT2D eigenvalue weighted by Gasteiger charge is 2.28. The van der Waals surface area contributed by atoms with Gasteiger partial charge in [0.05, 0.1) is 0 Å². The molecule has 1 unspecified atom stereocenters. The van der Waals surface area contributed by atoms with E-state index in [4.69, 9.17) is 5.73 Å². The fourth-order valence-electron chi connectivity index (χ4n) is 2.21. The number of carbonyl (C=O) groups excluding carboxylic acids is 1. The molecule has 92 valence electrons. The maximum Gasteiger partial charge on any atom is 0.220 e. The monoisotopic (exact) mass is 242 g/mol. The lowest BCUT2D eigenvalue weighted by Crippen LogP contribution is -2.39. The summed E-state index contributed by atoms with van der Waals surface area (Å²) in [6.45, 7) is 0.672. The van der Waals surface area contributed by atoms with Crippen LogP contribution in [-0.2, 0) is 4.79 Å². The summed E-state index contributed by atoms with van der Waals surface area (Å²) in [4.78, 5) is 11.7. The van der Waals surface area contributed by atoms with Crippen molar-refractivity contribution in [2.75, 3.05) is 18.1 Å². The average Bonchev–Trinajstić information content (AvgIpc) is 3.11. The van der Waals surface area contributed by atoms with Gasteiger partial charge in [0.15, 0.2) is 0 Å². The maximum atomic E-state index is 11.7. The van der Waals surface area contributed by atoms with E-state index in [9.17, 15) is 4.79 Å². The SMILES string of the molecule is NC(CNC(=O)CC1CCSCC1)C1CC1. The van der Waals surface area contributed by atoms with E-state index in [2.05, 4.69) is 5.32 Å². The van der Waals surface area contributed by atoms with Crippen LogP contribution < -0.4 is 11.1 Å². The van der Waals surface area contributed by atoms with Crippen LogP contribution in [0.15, 0.2) is 0 Å². The molecule has 1 saturated heterocycles. The predicted octanol–water partition coefficient (Wildman–Crippen LogP) is 1.37. The molecule has 2 aliphatic rings. The van der Waals surface area contributed by atoms with E-state index >= 15 is 0 Å². The fourth-order valence-corrected chi connectivity index (χ4v) is 3.41. The smallest absolute Gasteiger partial charge is 0.220 e. The van der Waals surface area contributed by atoms with Crippen LogP contribution in [0.4, 0.5) is 0 Å². The first-order valence-corrected chi connectivity index (χ1v) is 7.51. The first-order chi connectivity index (χ1) is 7.75. The van der Waals surface area contributed by atoms with Crippen LogP contribution in [0, 0.1) is 11.8 Å². The Labute approximate surface area is 102 Å². The van der Waals surface area contributed by atoms with Crippen molar-refractivity contribution in [3.05, 3.63) is 0 Å². The molecule has 1 heterocycles. The number of nitrogens with two attached hydrogens (primary N) is 1. The molecule has 0 spiro atoms. The molecule has 2 fully saturated rings. The zero-order chi connectivity index (χ0) is 11.4. The summed E-state index contributed by atoms with van der Waals surface area (Å²) in [6, 6.07) is 0.186. The quantitative estimate of drug-likeness (QED) is 0.765. The highest BCUT2D eigenvalue weighted by atomic mass is 32.2. The van der Waals surface area contributed by atoms with E-state index in [0.717, 1.165) is 0 Å². The van der Waals surface area contributed by atoms with Crippen LogP contribution in [-0.4, -0.2) is 30.0 Å². The van der Waals surface area contributed by atoms with Crippen molar-refractivity contribution in [3.8, 4) is 0 Å². The summed E-state index contributed by atoms with van der Waals surface area (Å²) in [5.41, 5.74) is 5.94. The molecule has 0 radical (unpaired) electrons. The summed E-state index contributed by atoms with van der Waals surface area (Å²) >= 11 is 2.00. The standard InChI is InChI=1S/C12H22N2OS/c13-11(10-1-2-10)8-14-12(15)7-9-3-5-16-6-4-9/h9-11H,1-8,13H2,(H,14,15). The molecule has 4 heteroatoms. The van der Waals surface area contributed by atoms with Crippen molar-refractivity contribution >= 4 is 17.7 Å². The van der Waals surface area contributed by atoms with Gasteiger partial charge in [-0.2, -0.15) is 11.8 Å². The van der Waals surface area contributed by atoms with Gasteiger partial charge < -0.3 is 11.1 Å². The van der Waals surface area contributed by atoms with Gasteiger partial charge in [-0.25, -0.2) is 0 Å².